The molecule has 0 radical (unpaired) electrons. The van der Waals surface area contributed by atoms with Crippen LogP contribution in [0.1, 0.15) is 37.7 Å². The molecule has 2 aliphatic rings. The lowest BCUT2D eigenvalue weighted by molar-refractivity contribution is 0.137. The number of hydrogen-bond donors (Lipinski definition) is 0. The molecule has 2 fully saturated rings. The van der Waals surface area contributed by atoms with E-state index in [1.165, 1.54) is 29.7 Å². The average Bonchev–Trinajstić information content (AvgIpc) is 2.53. The van der Waals surface area contributed by atoms with Crippen molar-refractivity contribution in [3.63, 3.8) is 0 Å². The summed E-state index contributed by atoms with van der Waals surface area (Å²) in [5.41, 5.74) is 3.81. The summed E-state index contributed by atoms with van der Waals surface area (Å²) in [7, 11) is 0. The van der Waals surface area contributed by atoms with Crippen molar-refractivity contribution < 1.29 is 0 Å². The summed E-state index contributed by atoms with van der Waals surface area (Å²) < 4.78 is 0. The van der Waals surface area contributed by atoms with Gasteiger partial charge in [0.2, 0.25) is 0 Å². The minimum Gasteiger partial charge on any atom is -0.358 e. The van der Waals surface area contributed by atoms with Crippen molar-refractivity contribution in [3.05, 3.63) is 72.7 Å². The van der Waals surface area contributed by atoms with E-state index < -0.39 is 0 Å². The van der Waals surface area contributed by atoms with Crippen LogP contribution in [0.25, 0.3) is 0 Å². The molecule has 22 heavy (non-hydrogen) atoms. The molecule has 2 aliphatic heterocycles. The fourth-order valence-corrected chi connectivity index (χ4v) is 3.64. The first kappa shape index (κ1) is 15.0. The van der Waals surface area contributed by atoms with Crippen LogP contribution < -0.4 is 0 Å². The van der Waals surface area contributed by atoms with Crippen LogP contribution in [0.4, 0.5) is 0 Å². The minimum absolute atomic E-state index is 0.386. The van der Waals surface area contributed by atoms with Crippen LogP contribution in [0.2, 0.25) is 0 Å². The molecule has 2 heteroatoms. The number of hydrogen-bond acceptors (Lipinski definition) is 2. The highest BCUT2D eigenvalue weighted by atomic mass is 15.4. The zero-order valence-corrected chi connectivity index (χ0v) is 13.6. The highest BCUT2D eigenvalue weighted by molar-refractivity contribution is 5.28. The number of nitrogens with zero attached hydrogens (tertiary/aromatic N) is 2. The van der Waals surface area contributed by atoms with Gasteiger partial charge in [-0.3, -0.25) is 0 Å². The summed E-state index contributed by atoms with van der Waals surface area (Å²) in [5, 5.41) is 0. The van der Waals surface area contributed by atoms with Crippen LogP contribution >= 0.6 is 0 Å². The molecule has 3 rings (SSSR count). The lowest BCUT2D eigenvalue weighted by atomic mass is 9.89. The molecule has 116 valence electrons. The summed E-state index contributed by atoms with van der Waals surface area (Å²) in [4.78, 5) is 4.71. The minimum atomic E-state index is 0.386. The van der Waals surface area contributed by atoms with Gasteiger partial charge in [-0.05, 0) is 25.3 Å². The maximum absolute atomic E-state index is 4.36. The second kappa shape index (κ2) is 6.04. The van der Waals surface area contributed by atoms with Gasteiger partial charge < -0.3 is 9.80 Å². The van der Waals surface area contributed by atoms with Gasteiger partial charge in [0.05, 0.1) is 6.04 Å². The van der Waals surface area contributed by atoms with Gasteiger partial charge in [-0.15, -0.1) is 0 Å². The van der Waals surface area contributed by atoms with Crippen LogP contribution in [0, 0.1) is 0 Å². The molecule has 2 saturated heterocycles. The molecule has 0 bridgehead atoms. The average molecular weight is 294 g/mol. The Labute approximate surface area is 134 Å². The SMILES string of the molecule is C=C(C)C1CC(=C)N1C(=C)N1CCCC(c2ccccc2)C1. The van der Waals surface area contributed by atoms with Gasteiger partial charge in [-0.2, -0.15) is 0 Å². The Morgan fingerprint density at radius 1 is 1.18 bits per heavy atom. The van der Waals surface area contributed by atoms with Crippen molar-refractivity contribution in [3.8, 4) is 0 Å². The van der Waals surface area contributed by atoms with Gasteiger partial charge in [-0.1, -0.05) is 55.6 Å². The lowest BCUT2D eigenvalue weighted by Crippen LogP contribution is -2.50. The first-order valence-electron chi connectivity index (χ1n) is 8.19. The Morgan fingerprint density at radius 3 is 2.55 bits per heavy atom. The van der Waals surface area contributed by atoms with Crippen molar-refractivity contribution in [2.45, 2.75) is 38.1 Å². The van der Waals surface area contributed by atoms with Crippen LogP contribution in [-0.2, 0) is 0 Å². The first-order chi connectivity index (χ1) is 10.6. The van der Waals surface area contributed by atoms with Gasteiger partial charge in [0, 0.05) is 31.1 Å². The Balaban J connectivity index is 1.71. The molecule has 2 nitrogen and oxygen atoms in total. The quantitative estimate of drug-likeness (QED) is 0.754. The van der Waals surface area contributed by atoms with Crippen molar-refractivity contribution >= 4 is 0 Å². The third kappa shape index (κ3) is 2.70. The van der Waals surface area contributed by atoms with Crippen LogP contribution in [0.5, 0.6) is 0 Å². The van der Waals surface area contributed by atoms with E-state index in [1.54, 1.807) is 0 Å². The highest BCUT2D eigenvalue weighted by Crippen LogP contribution is 2.38. The predicted octanol–water partition coefficient (Wildman–Crippen LogP) is 4.50. The van der Waals surface area contributed by atoms with Gasteiger partial charge in [0.25, 0.3) is 0 Å². The summed E-state index contributed by atoms with van der Waals surface area (Å²) in [5.74, 6) is 1.70. The summed E-state index contributed by atoms with van der Waals surface area (Å²) >= 11 is 0. The molecule has 1 aromatic rings. The Hall–Kier alpha value is -1.96. The first-order valence-corrected chi connectivity index (χ1v) is 8.19. The molecule has 0 N–H and O–H groups in total. The van der Waals surface area contributed by atoms with Crippen LogP contribution in [0.3, 0.4) is 0 Å². The third-order valence-corrected chi connectivity index (χ3v) is 4.99. The summed E-state index contributed by atoms with van der Waals surface area (Å²) in [6.45, 7) is 16.9. The van der Waals surface area contributed by atoms with Crippen LogP contribution in [0.15, 0.2) is 67.2 Å². The van der Waals surface area contributed by atoms with E-state index in [2.05, 4.69) is 66.8 Å². The molecule has 0 aliphatic carbocycles. The van der Waals surface area contributed by atoms with E-state index in [-0.39, 0.29) is 0 Å². The van der Waals surface area contributed by atoms with Gasteiger partial charge >= 0.3 is 0 Å². The van der Waals surface area contributed by atoms with Crippen molar-refractivity contribution in [2.75, 3.05) is 13.1 Å². The molecule has 2 unspecified atom stereocenters. The van der Waals surface area contributed by atoms with Crippen LogP contribution in [-0.4, -0.2) is 28.9 Å². The highest BCUT2D eigenvalue weighted by Gasteiger charge is 2.36. The topological polar surface area (TPSA) is 6.48 Å². The summed E-state index contributed by atoms with van der Waals surface area (Å²) in [6.07, 6.45) is 3.50. The Bertz CT molecular complexity index is 587. The molecule has 2 heterocycles. The van der Waals surface area contributed by atoms with Gasteiger partial charge in [0.15, 0.2) is 0 Å². The second-order valence-electron chi connectivity index (χ2n) is 6.61. The molecular weight excluding hydrogens is 268 g/mol. The van der Waals surface area contributed by atoms with E-state index in [9.17, 15) is 0 Å². The standard InChI is InChI=1S/C20H26N2/c1-15(2)20-13-16(3)22(20)17(4)21-12-8-11-19(14-21)18-9-6-5-7-10-18/h5-7,9-10,19-20H,1,3-4,8,11-14H2,2H3. The second-order valence-corrected chi connectivity index (χ2v) is 6.61. The van der Waals surface area contributed by atoms with E-state index in [1.807, 2.05) is 0 Å². The van der Waals surface area contributed by atoms with E-state index in [0.29, 0.717) is 12.0 Å². The van der Waals surface area contributed by atoms with E-state index in [0.717, 1.165) is 25.3 Å². The van der Waals surface area contributed by atoms with E-state index in [4.69, 9.17) is 0 Å². The maximum Gasteiger partial charge on any atom is 0.101 e. The molecule has 0 saturated carbocycles. The number of rotatable bonds is 4. The van der Waals surface area contributed by atoms with Crippen molar-refractivity contribution in [1.29, 1.82) is 0 Å². The molecule has 1 aromatic carbocycles. The predicted molar refractivity (Wildman–Crippen MR) is 93.3 cm³/mol. The third-order valence-electron chi connectivity index (χ3n) is 4.99. The molecule has 0 amide bonds. The number of benzene rings is 1. The molecular formula is C20H26N2. The lowest BCUT2D eigenvalue weighted by Gasteiger charge is -2.50. The number of likely N-dealkylation sites (tertiary alicyclic amines) is 2. The largest absolute Gasteiger partial charge is 0.358 e. The zero-order chi connectivity index (χ0) is 15.7. The Kier molecular flexibility index (Phi) is 4.10. The summed E-state index contributed by atoms with van der Waals surface area (Å²) in [6, 6.07) is 11.2. The monoisotopic (exact) mass is 294 g/mol. The maximum atomic E-state index is 4.36. The fraction of sp³-hybridized carbons (Fsp3) is 0.400. The smallest absolute Gasteiger partial charge is 0.101 e. The fourth-order valence-electron chi connectivity index (χ4n) is 3.64. The molecule has 0 spiro atoms. The number of piperidine rings is 1. The zero-order valence-electron chi connectivity index (χ0n) is 13.6. The normalized spacial score (nSPS) is 24.9. The van der Waals surface area contributed by atoms with Gasteiger partial charge in [0.1, 0.15) is 5.82 Å². The van der Waals surface area contributed by atoms with Crippen molar-refractivity contribution in [1.82, 2.24) is 9.80 Å². The molecule has 2 atom stereocenters. The van der Waals surface area contributed by atoms with E-state index >= 15 is 0 Å². The van der Waals surface area contributed by atoms with Gasteiger partial charge in [-0.25, -0.2) is 0 Å². The van der Waals surface area contributed by atoms with Crippen molar-refractivity contribution in [2.24, 2.45) is 0 Å². The molecule has 0 aromatic heterocycles. The Morgan fingerprint density at radius 2 is 1.91 bits per heavy atom.